The number of fused-ring (bicyclic) bond motifs is 1. The van der Waals surface area contributed by atoms with Crippen LogP contribution in [0.2, 0.25) is 0 Å². The molecular weight excluding hydrogens is 397 g/mol. The number of halogens is 1. The fraction of sp³-hybridized carbons (Fsp3) is 0.200. The van der Waals surface area contributed by atoms with Gasteiger partial charge in [-0.25, -0.2) is 12.8 Å². The van der Waals surface area contributed by atoms with Gasteiger partial charge in [0.2, 0.25) is 10.0 Å². The Kier molecular flexibility index (Phi) is 4.71. The second-order valence-corrected chi connectivity index (χ2v) is 8.79. The van der Waals surface area contributed by atoms with Gasteiger partial charge in [-0.05, 0) is 42.7 Å². The van der Waals surface area contributed by atoms with Crippen LogP contribution in [0.25, 0.3) is 16.5 Å². The Hall–Kier alpha value is -3.04. The summed E-state index contributed by atoms with van der Waals surface area (Å²) in [7, 11) is -4.02. The molecular formula is C20H18FN3O4S. The van der Waals surface area contributed by atoms with E-state index in [1.54, 1.807) is 31.3 Å². The maximum atomic E-state index is 13.4. The average molecular weight is 415 g/mol. The lowest BCUT2D eigenvalue weighted by atomic mass is 10.00. The number of rotatable bonds is 4. The first-order chi connectivity index (χ1) is 13.8. The Morgan fingerprint density at radius 2 is 2.03 bits per heavy atom. The molecule has 2 heterocycles. The van der Waals surface area contributed by atoms with Crippen molar-refractivity contribution in [1.82, 2.24) is 9.29 Å². The molecule has 4 rings (SSSR count). The summed E-state index contributed by atoms with van der Waals surface area (Å²) in [5, 5.41) is 12.2. The second-order valence-electron chi connectivity index (χ2n) is 6.91. The van der Waals surface area contributed by atoms with Crippen LogP contribution in [0, 0.1) is 22.9 Å². The lowest BCUT2D eigenvalue weighted by Crippen LogP contribution is -2.35. The number of hydrogen-bond donors (Lipinski definition) is 1. The highest BCUT2D eigenvalue weighted by Gasteiger charge is 2.34. The number of benzene rings is 2. The molecule has 0 radical (unpaired) electrons. The van der Waals surface area contributed by atoms with E-state index in [1.165, 1.54) is 28.6 Å². The molecule has 150 valence electrons. The van der Waals surface area contributed by atoms with E-state index >= 15 is 0 Å². The van der Waals surface area contributed by atoms with Crippen molar-refractivity contribution >= 4 is 32.2 Å². The van der Waals surface area contributed by atoms with Crippen molar-refractivity contribution in [1.29, 1.82) is 0 Å². The van der Waals surface area contributed by atoms with Crippen LogP contribution in [0.3, 0.4) is 0 Å². The number of nitro groups is 1. The maximum absolute atomic E-state index is 13.4. The van der Waals surface area contributed by atoms with Crippen LogP contribution >= 0.6 is 0 Å². The Bertz CT molecular complexity index is 1260. The molecule has 0 amide bonds. The molecule has 1 N–H and O–H groups in total. The summed E-state index contributed by atoms with van der Waals surface area (Å²) in [5.41, 5.74) is 2.45. The summed E-state index contributed by atoms with van der Waals surface area (Å²) in [6.45, 7) is 1.86. The number of aromatic nitrogens is 1. The highest BCUT2D eigenvalue weighted by atomic mass is 32.2. The molecule has 0 unspecified atom stereocenters. The molecule has 3 aromatic rings. The first kappa shape index (κ1) is 19.3. The largest absolute Gasteiger partial charge is 0.360 e. The topological polar surface area (TPSA) is 96.3 Å². The van der Waals surface area contributed by atoms with Gasteiger partial charge in [-0.15, -0.1) is 0 Å². The maximum Gasteiger partial charge on any atom is 0.289 e. The zero-order valence-corrected chi connectivity index (χ0v) is 16.4. The molecule has 0 spiro atoms. The molecule has 0 fully saturated rings. The van der Waals surface area contributed by atoms with Gasteiger partial charge in [-0.3, -0.25) is 10.1 Å². The number of aryl methyl sites for hydroxylation is 1. The first-order valence-corrected chi connectivity index (χ1v) is 10.4. The summed E-state index contributed by atoms with van der Waals surface area (Å²) in [6.07, 6.45) is 4.03. The number of H-pyrrole nitrogens is 1. The third-order valence-corrected chi connectivity index (χ3v) is 7.21. The highest BCUT2D eigenvalue weighted by Crippen LogP contribution is 2.34. The van der Waals surface area contributed by atoms with Gasteiger partial charge in [0, 0.05) is 41.8 Å². The van der Waals surface area contributed by atoms with Crippen LogP contribution < -0.4 is 0 Å². The third kappa shape index (κ3) is 3.32. The Morgan fingerprint density at radius 1 is 1.24 bits per heavy atom. The third-order valence-electron chi connectivity index (χ3n) is 5.15. The number of aromatic amines is 1. The molecule has 2 aromatic carbocycles. The van der Waals surface area contributed by atoms with Crippen molar-refractivity contribution in [2.75, 3.05) is 13.1 Å². The highest BCUT2D eigenvalue weighted by molar-refractivity contribution is 7.89. The smallest absolute Gasteiger partial charge is 0.289 e. The molecule has 0 saturated carbocycles. The van der Waals surface area contributed by atoms with E-state index in [0.29, 0.717) is 17.5 Å². The van der Waals surface area contributed by atoms with Gasteiger partial charge in [0.25, 0.3) is 5.69 Å². The number of nitro benzene ring substituents is 1. The quantitative estimate of drug-likeness (QED) is 0.514. The van der Waals surface area contributed by atoms with Gasteiger partial charge in [-0.2, -0.15) is 4.31 Å². The van der Waals surface area contributed by atoms with E-state index in [-0.39, 0.29) is 23.8 Å². The van der Waals surface area contributed by atoms with E-state index in [2.05, 4.69) is 4.98 Å². The van der Waals surface area contributed by atoms with Gasteiger partial charge in [0.15, 0.2) is 4.90 Å². The van der Waals surface area contributed by atoms with Crippen molar-refractivity contribution < 1.29 is 17.7 Å². The number of hydrogen-bond acceptors (Lipinski definition) is 4. The minimum Gasteiger partial charge on any atom is -0.360 e. The molecule has 0 atom stereocenters. The summed E-state index contributed by atoms with van der Waals surface area (Å²) in [6, 6.07) is 8.72. The van der Waals surface area contributed by atoms with Crippen LogP contribution in [0.5, 0.6) is 0 Å². The Morgan fingerprint density at radius 3 is 2.72 bits per heavy atom. The van der Waals surface area contributed by atoms with Gasteiger partial charge in [0.05, 0.1) is 4.92 Å². The van der Waals surface area contributed by atoms with E-state index in [1.807, 2.05) is 0 Å². The van der Waals surface area contributed by atoms with Crippen LogP contribution in [-0.4, -0.2) is 35.7 Å². The van der Waals surface area contributed by atoms with Gasteiger partial charge in [0.1, 0.15) is 5.82 Å². The van der Waals surface area contributed by atoms with Crippen molar-refractivity contribution in [3.63, 3.8) is 0 Å². The van der Waals surface area contributed by atoms with E-state index in [0.717, 1.165) is 16.5 Å². The van der Waals surface area contributed by atoms with Crippen LogP contribution in [0.1, 0.15) is 17.5 Å². The molecule has 9 heteroatoms. The van der Waals surface area contributed by atoms with E-state index in [9.17, 15) is 22.9 Å². The first-order valence-electron chi connectivity index (χ1n) is 8.99. The van der Waals surface area contributed by atoms with Crippen LogP contribution in [0.15, 0.2) is 53.6 Å². The molecule has 1 aliphatic heterocycles. The fourth-order valence-corrected chi connectivity index (χ4v) is 5.47. The summed E-state index contributed by atoms with van der Waals surface area (Å²) < 4.78 is 40.9. The van der Waals surface area contributed by atoms with Crippen molar-refractivity contribution in [3.05, 3.63) is 75.7 Å². The van der Waals surface area contributed by atoms with Gasteiger partial charge >= 0.3 is 0 Å². The monoisotopic (exact) mass is 415 g/mol. The number of sulfonamides is 1. The van der Waals surface area contributed by atoms with Crippen LogP contribution in [0.4, 0.5) is 10.1 Å². The average Bonchev–Trinajstić information content (AvgIpc) is 3.10. The molecule has 29 heavy (non-hydrogen) atoms. The number of nitrogens with zero attached hydrogens (tertiary/aromatic N) is 2. The molecule has 7 nitrogen and oxygen atoms in total. The summed E-state index contributed by atoms with van der Waals surface area (Å²) in [4.78, 5) is 13.4. The fourth-order valence-electron chi connectivity index (χ4n) is 3.72. The summed E-state index contributed by atoms with van der Waals surface area (Å²) >= 11 is 0. The lowest BCUT2D eigenvalue weighted by Gasteiger charge is -2.26. The molecule has 1 aliphatic rings. The van der Waals surface area contributed by atoms with Crippen LogP contribution in [-0.2, 0) is 10.0 Å². The SMILES string of the molecule is Cc1cccc([N+](=O)[O-])c1S(=O)(=O)N1CC=C(c2c[nH]c3cc(F)ccc23)CC1. The van der Waals surface area contributed by atoms with Gasteiger partial charge < -0.3 is 4.98 Å². The van der Waals surface area contributed by atoms with E-state index in [4.69, 9.17) is 0 Å². The van der Waals surface area contributed by atoms with Crippen molar-refractivity contribution in [2.45, 2.75) is 18.2 Å². The predicted molar refractivity (Wildman–Crippen MR) is 107 cm³/mol. The minimum absolute atomic E-state index is 0.108. The zero-order valence-electron chi connectivity index (χ0n) is 15.6. The normalized spacial score (nSPS) is 15.4. The van der Waals surface area contributed by atoms with Crippen molar-refractivity contribution in [2.24, 2.45) is 0 Å². The zero-order chi connectivity index (χ0) is 20.8. The van der Waals surface area contributed by atoms with Crippen molar-refractivity contribution in [3.8, 4) is 0 Å². The molecule has 0 saturated heterocycles. The Balaban J connectivity index is 1.67. The minimum atomic E-state index is -4.02. The Labute approximate surface area is 166 Å². The van der Waals surface area contributed by atoms with E-state index < -0.39 is 20.6 Å². The van der Waals surface area contributed by atoms with Gasteiger partial charge in [-0.1, -0.05) is 18.2 Å². The molecule has 1 aromatic heterocycles. The molecule has 0 aliphatic carbocycles. The summed E-state index contributed by atoms with van der Waals surface area (Å²) in [5.74, 6) is -0.333. The standard InChI is InChI=1S/C20H18FN3O4S/c1-13-3-2-4-19(24(25)26)20(13)29(27,28)23-9-7-14(8-10-23)17-12-22-18-11-15(21)5-6-16(17)18/h2-7,11-12,22H,8-10H2,1H3. The lowest BCUT2D eigenvalue weighted by molar-refractivity contribution is -0.387. The molecule has 0 bridgehead atoms. The number of nitrogens with one attached hydrogen (secondary N) is 1. The predicted octanol–water partition coefficient (Wildman–Crippen LogP) is 4.00. The second kappa shape index (κ2) is 7.09.